The summed E-state index contributed by atoms with van der Waals surface area (Å²) in [6, 6.07) is 5.17. The lowest BCUT2D eigenvalue weighted by Crippen LogP contribution is -2.44. The molecule has 2 rings (SSSR count). The summed E-state index contributed by atoms with van der Waals surface area (Å²) < 4.78 is 0. The second-order valence-electron chi connectivity index (χ2n) is 4.96. The molecule has 1 atom stereocenters. The average Bonchev–Trinajstić information content (AvgIpc) is 2.46. The van der Waals surface area contributed by atoms with Gasteiger partial charge in [0.15, 0.2) is 0 Å². The predicted molar refractivity (Wildman–Crippen MR) is 78.9 cm³/mol. The molecule has 108 valence electrons. The van der Waals surface area contributed by atoms with Gasteiger partial charge in [-0.25, -0.2) is 0 Å². The Kier molecular flexibility index (Phi) is 4.61. The number of carbonyl (C=O) groups is 2. The third-order valence-corrected chi connectivity index (χ3v) is 3.41. The molecule has 0 saturated heterocycles. The van der Waals surface area contributed by atoms with Crippen LogP contribution >= 0.6 is 0 Å². The van der Waals surface area contributed by atoms with Crippen LogP contribution in [0.2, 0.25) is 0 Å². The summed E-state index contributed by atoms with van der Waals surface area (Å²) in [4.78, 5) is 24.0. The molecule has 1 aliphatic heterocycles. The molecule has 0 spiro atoms. The van der Waals surface area contributed by atoms with Gasteiger partial charge in [0, 0.05) is 13.1 Å². The minimum absolute atomic E-state index is 0.168. The zero-order chi connectivity index (χ0) is 14.5. The number of rotatable bonds is 4. The van der Waals surface area contributed by atoms with Crippen LogP contribution in [0.25, 0.3) is 0 Å². The van der Waals surface area contributed by atoms with E-state index in [1.807, 2.05) is 19.1 Å². The summed E-state index contributed by atoms with van der Waals surface area (Å²) in [6.45, 7) is 4.97. The second-order valence-corrected chi connectivity index (χ2v) is 4.96. The van der Waals surface area contributed by atoms with Crippen LogP contribution in [0.1, 0.15) is 36.2 Å². The summed E-state index contributed by atoms with van der Waals surface area (Å²) in [5, 5.41) is 8.71. The van der Waals surface area contributed by atoms with Gasteiger partial charge in [0.05, 0.1) is 11.3 Å². The summed E-state index contributed by atoms with van der Waals surface area (Å²) in [7, 11) is 0. The maximum atomic E-state index is 12.3. The highest BCUT2D eigenvalue weighted by Gasteiger charge is 2.20. The molecule has 5 nitrogen and oxygen atoms in total. The minimum Gasteiger partial charge on any atom is -0.384 e. The van der Waals surface area contributed by atoms with E-state index in [9.17, 15) is 9.59 Å². The van der Waals surface area contributed by atoms with Crippen molar-refractivity contribution in [2.75, 3.05) is 18.4 Å². The monoisotopic (exact) mass is 275 g/mol. The van der Waals surface area contributed by atoms with E-state index in [0.717, 1.165) is 30.6 Å². The van der Waals surface area contributed by atoms with E-state index in [1.54, 1.807) is 13.0 Å². The Morgan fingerprint density at radius 2 is 2.20 bits per heavy atom. The highest BCUT2D eigenvalue weighted by atomic mass is 16.2. The molecular weight excluding hydrogens is 254 g/mol. The maximum Gasteiger partial charge on any atom is 0.254 e. The van der Waals surface area contributed by atoms with Gasteiger partial charge in [-0.15, -0.1) is 0 Å². The molecule has 1 aromatic rings. The minimum atomic E-state index is -0.540. The number of hydrogen-bond acceptors (Lipinski definition) is 3. The molecule has 3 N–H and O–H groups in total. The van der Waals surface area contributed by atoms with Gasteiger partial charge in [-0.2, -0.15) is 0 Å². The fraction of sp³-hybridized carbons (Fsp3) is 0.467. The number of aryl methyl sites for hydroxylation is 1. The average molecular weight is 275 g/mol. The van der Waals surface area contributed by atoms with Crippen molar-refractivity contribution in [2.24, 2.45) is 0 Å². The number of hydrogen-bond donors (Lipinski definition) is 3. The van der Waals surface area contributed by atoms with Crippen LogP contribution in [0, 0.1) is 0 Å². The Bertz CT molecular complexity index is 514. The lowest BCUT2D eigenvalue weighted by atomic mass is 9.99. The van der Waals surface area contributed by atoms with Crippen LogP contribution in [0.5, 0.6) is 0 Å². The maximum absolute atomic E-state index is 12.3. The quantitative estimate of drug-likeness (QED) is 0.775. The molecule has 0 fully saturated rings. The Morgan fingerprint density at radius 1 is 1.40 bits per heavy atom. The standard InChI is InChI=1S/C15H21N3O2/c1-3-16-14(19)10(2)18-15(20)12-8-4-6-11-7-5-9-17-13(11)12/h4,6,8,10,17H,3,5,7,9H2,1-2H3,(H,16,19)(H,18,20). The van der Waals surface area contributed by atoms with Gasteiger partial charge in [0.1, 0.15) is 6.04 Å². The zero-order valence-electron chi connectivity index (χ0n) is 12.0. The van der Waals surface area contributed by atoms with Gasteiger partial charge in [-0.1, -0.05) is 12.1 Å². The van der Waals surface area contributed by atoms with Gasteiger partial charge in [0.25, 0.3) is 5.91 Å². The number of amides is 2. The van der Waals surface area contributed by atoms with Crippen molar-refractivity contribution in [3.63, 3.8) is 0 Å². The number of para-hydroxylation sites is 1. The Hall–Kier alpha value is -2.04. The first-order valence-electron chi connectivity index (χ1n) is 7.07. The van der Waals surface area contributed by atoms with Gasteiger partial charge in [-0.05, 0) is 38.3 Å². The van der Waals surface area contributed by atoms with E-state index >= 15 is 0 Å². The first-order valence-corrected chi connectivity index (χ1v) is 7.07. The molecule has 1 aromatic carbocycles. The van der Waals surface area contributed by atoms with Crippen LogP contribution < -0.4 is 16.0 Å². The van der Waals surface area contributed by atoms with Crippen molar-refractivity contribution >= 4 is 17.5 Å². The van der Waals surface area contributed by atoms with Gasteiger partial charge < -0.3 is 16.0 Å². The van der Waals surface area contributed by atoms with Gasteiger partial charge in [0.2, 0.25) is 5.91 Å². The molecule has 1 heterocycles. The van der Waals surface area contributed by atoms with E-state index in [-0.39, 0.29) is 11.8 Å². The van der Waals surface area contributed by atoms with Crippen LogP contribution in [0.3, 0.4) is 0 Å². The normalized spacial score (nSPS) is 14.7. The summed E-state index contributed by atoms with van der Waals surface area (Å²) in [5.41, 5.74) is 2.67. The van der Waals surface area contributed by atoms with Crippen LogP contribution in [-0.2, 0) is 11.2 Å². The van der Waals surface area contributed by atoms with Crippen molar-refractivity contribution in [1.29, 1.82) is 0 Å². The molecule has 2 amide bonds. The molecule has 1 aliphatic rings. The van der Waals surface area contributed by atoms with Crippen LogP contribution in [-0.4, -0.2) is 30.9 Å². The van der Waals surface area contributed by atoms with Crippen LogP contribution in [0.4, 0.5) is 5.69 Å². The Balaban J connectivity index is 2.12. The van der Waals surface area contributed by atoms with Crippen molar-refractivity contribution in [3.05, 3.63) is 29.3 Å². The Morgan fingerprint density at radius 3 is 2.95 bits per heavy atom. The number of fused-ring (bicyclic) bond motifs is 1. The zero-order valence-corrected chi connectivity index (χ0v) is 12.0. The van der Waals surface area contributed by atoms with Gasteiger partial charge in [-0.3, -0.25) is 9.59 Å². The number of nitrogens with one attached hydrogen (secondary N) is 3. The smallest absolute Gasteiger partial charge is 0.254 e. The largest absolute Gasteiger partial charge is 0.384 e. The first kappa shape index (κ1) is 14.4. The molecule has 0 aromatic heterocycles. The molecule has 0 bridgehead atoms. The van der Waals surface area contributed by atoms with E-state index < -0.39 is 6.04 Å². The second kappa shape index (κ2) is 6.41. The summed E-state index contributed by atoms with van der Waals surface area (Å²) >= 11 is 0. The molecule has 0 radical (unpaired) electrons. The fourth-order valence-corrected chi connectivity index (χ4v) is 2.37. The lowest BCUT2D eigenvalue weighted by molar-refractivity contribution is -0.122. The first-order chi connectivity index (χ1) is 9.63. The fourth-order valence-electron chi connectivity index (χ4n) is 2.37. The molecule has 0 saturated carbocycles. The molecular formula is C15H21N3O2. The number of likely N-dealkylation sites (N-methyl/N-ethyl adjacent to an activating group) is 1. The lowest BCUT2D eigenvalue weighted by Gasteiger charge is -2.21. The molecule has 20 heavy (non-hydrogen) atoms. The van der Waals surface area contributed by atoms with Crippen LogP contribution in [0.15, 0.2) is 18.2 Å². The van der Waals surface area contributed by atoms with Crippen molar-refractivity contribution in [1.82, 2.24) is 10.6 Å². The topological polar surface area (TPSA) is 70.2 Å². The van der Waals surface area contributed by atoms with E-state index in [1.165, 1.54) is 0 Å². The SMILES string of the molecule is CCNC(=O)C(C)NC(=O)c1cccc2c1NCCC2. The summed E-state index contributed by atoms with van der Waals surface area (Å²) in [5.74, 6) is -0.381. The van der Waals surface area contributed by atoms with Crippen molar-refractivity contribution < 1.29 is 9.59 Å². The third-order valence-electron chi connectivity index (χ3n) is 3.41. The summed E-state index contributed by atoms with van der Waals surface area (Å²) in [6.07, 6.45) is 2.06. The van der Waals surface area contributed by atoms with E-state index in [2.05, 4.69) is 16.0 Å². The van der Waals surface area contributed by atoms with Crippen molar-refractivity contribution in [2.45, 2.75) is 32.7 Å². The number of benzene rings is 1. The molecule has 1 unspecified atom stereocenters. The van der Waals surface area contributed by atoms with E-state index in [0.29, 0.717) is 12.1 Å². The number of carbonyl (C=O) groups excluding carboxylic acids is 2. The third kappa shape index (κ3) is 3.10. The highest BCUT2D eigenvalue weighted by molar-refractivity contribution is 6.02. The van der Waals surface area contributed by atoms with Crippen molar-refractivity contribution in [3.8, 4) is 0 Å². The predicted octanol–water partition coefficient (Wildman–Crippen LogP) is 1.30. The highest BCUT2D eigenvalue weighted by Crippen LogP contribution is 2.25. The number of anilines is 1. The molecule has 5 heteroatoms. The Labute approximate surface area is 119 Å². The van der Waals surface area contributed by atoms with E-state index in [4.69, 9.17) is 0 Å². The van der Waals surface area contributed by atoms with Gasteiger partial charge >= 0.3 is 0 Å². The molecule has 0 aliphatic carbocycles.